The largest absolute Gasteiger partial charge is 0.443 e. The highest BCUT2D eigenvalue weighted by atomic mass is 16.4. The van der Waals surface area contributed by atoms with Gasteiger partial charge in [-0.05, 0) is 36.8 Å². The van der Waals surface area contributed by atoms with Crippen LogP contribution in [-0.2, 0) is 28.0 Å². The molecule has 1 aromatic carbocycles. The molecule has 0 radical (unpaired) electrons. The number of imide groups is 1. The maximum absolute atomic E-state index is 13.1. The second kappa shape index (κ2) is 4.79. The zero-order valence-electron chi connectivity index (χ0n) is 13.3. The summed E-state index contributed by atoms with van der Waals surface area (Å²) >= 11 is 0. The highest BCUT2D eigenvalue weighted by Crippen LogP contribution is 2.47. The Morgan fingerprint density at radius 3 is 2.92 bits per heavy atom. The zero-order valence-corrected chi connectivity index (χ0v) is 13.3. The van der Waals surface area contributed by atoms with Gasteiger partial charge in [0, 0.05) is 12.3 Å². The van der Waals surface area contributed by atoms with E-state index in [1.807, 2.05) is 18.2 Å². The number of hydrogen-bond donors (Lipinski definition) is 0. The molecule has 122 valence electrons. The van der Waals surface area contributed by atoms with Gasteiger partial charge >= 0.3 is 0 Å². The van der Waals surface area contributed by atoms with Crippen LogP contribution in [-0.4, -0.2) is 21.7 Å². The fourth-order valence-electron chi connectivity index (χ4n) is 4.14. The van der Waals surface area contributed by atoms with Crippen LogP contribution >= 0.6 is 0 Å². The third-order valence-electron chi connectivity index (χ3n) is 5.61. The van der Waals surface area contributed by atoms with Crippen molar-refractivity contribution in [3.63, 3.8) is 0 Å². The average Bonchev–Trinajstić information content (AvgIpc) is 3.15. The lowest BCUT2D eigenvalue weighted by molar-refractivity contribution is -0.141. The number of aryl methyl sites for hydroxylation is 1. The van der Waals surface area contributed by atoms with Crippen molar-refractivity contribution in [2.24, 2.45) is 0 Å². The number of nitrogens with zero attached hydrogens (tertiary/aromatic N) is 2. The summed E-state index contributed by atoms with van der Waals surface area (Å²) in [6.45, 7) is 0.147. The van der Waals surface area contributed by atoms with Crippen molar-refractivity contribution in [3.05, 3.63) is 53.2 Å². The molecule has 2 amide bonds. The van der Waals surface area contributed by atoms with Crippen LogP contribution in [0.2, 0.25) is 0 Å². The third-order valence-corrected chi connectivity index (χ3v) is 5.61. The monoisotopic (exact) mass is 322 g/mol. The minimum atomic E-state index is -0.667. The number of oxazole rings is 1. The standard InChI is InChI=1S/C19H18N2O3/c22-17-9-19(8-7-12-3-1-2-4-14(12)19)18(23)21(17)11-16-20-10-15(24-16)13-5-6-13/h1-4,10,13H,5-9,11H2. The van der Waals surface area contributed by atoms with Crippen LogP contribution < -0.4 is 0 Å². The molecule has 1 aromatic heterocycles. The van der Waals surface area contributed by atoms with Crippen molar-refractivity contribution in [2.45, 2.75) is 50.0 Å². The first-order valence-corrected chi connectivity index (χ1v) is 8.55. The van der Waals surface area contributed by atoms with Gasteiger partial charge < -0.3 is 4.42 Å². The van der Waals surface area contributed by atoms with Crippen molar-refractivity contribution in [3.8, 4) is 0 Å². The van der Waals surface area contributed by atoms with Gasteiger partial charge in [0.2, 0.25) is 17.7 Å². The van der Waals surface area contributed by atoms with Crippen molar-refractivity contribution >= 4 is 11.8 Å². The quantitative estimate of drug-likeness (QED) is 0.815. The molecule has 24 heavy (non-hydrogen) atoms. The third kappa shape index (κ3) is 1.90. The Morgan fingerprint density at radius 2 is 2.08 bits per heavy atom. The first-order valence-electron chi connectivity index (χ1n) is 8.55. The second-order valence-corrected chi connectivity index (χ2v) is 7.13. The van der Waals surface area contributed by atoms with E-state index < -0.39 is 5.41 Å². The zero-order chi connectivity index (χ0) is 16.3. The molecule has 1 unspecified atom stereocenters. The number of fused-ring (bicyclic) bond motifs is 2. The van der Waals surface area contributed by atoms with E-state index in [4.69, 9.17) is 4.42 Å². The molecule has 2 aliphatic carbocycles. The molecule has 2 heterocycles. The molecule has 5 rings (SSSR count). The Kier molecular flexibility index (Phi) is 2.78. The Morgan fingerprint density at radius 1 is 1.25 bits per heavy atom. The summed E-state index contributed by atoms with van der Waals surface area (Å²) in [4.78, 5) is 31.2. The molecule has 2 fully saturated rings. The number of carbonyl (C=O) groups is 2. The lowest BCUT2D eigenvalue weighted by atomic mass is 9.80. The van der Waals surface area contributed by atoms with Crippen LogP contribution in [0, 0.1) is 0 Å². The smallest absolute Gasteiger partial charge is 0.240 e. The van der Waals surface area contributed by atoms with E-state index >= 15 is 0 Å². The molecule has 1 spiro atoms. The van der Waals surface area contributed by atoms with Gasteiger partial charge in [0.25, 0.3) is 0 Å². The maximum Gasteiger partial charge on any atom is 0.240 e. The normalized spacial score (nSPS) is 25.8. The van der Waals surface area contributed by atoms with Crippen molar-refractivity contribution < 1.29 is 14.0 Å². The number of rotatable bonds is 3. The number of benzene rings is 1. The predicted molar refractivity (Wildman–Crippen MR) is 85.1 cm³/mol. The molecule has 5 heteroatoms. The van der Waals surface area contributed by atoms with Crippen LogP contribution in [0.15, 0.2) is 34.9 Å². The van der Waals surface area contributed by atoms with Crippen molar-refractivity contribution in [2.75, 3.05) is 0 Å². The first-order chi connectivity index (χ1) is 11.7. The average molecular weight is 322 g/mol. The molecule has 5 nitrogen and oxygen atoms in total. The van der Waals surface area contributed by atoms with Crippen LogP contribution in [0.5, 0.6) is 0 Å². The number of likely N-dealkylation sites (tertiary alicyclic amines) is 1. The number of hydrogen-bond acceptors (Lipinski definition) is 4. The minimum Gasteiger partial charge on any atom is -0.443 e. The van der Waals surface area contributed by atoms with E-state index in [1.54, 1.807) is 6.20 Å². The molecule has 3 aliphatic rings. The van der Waals surface area contributed by atoms with Crippen LogP contribution in [0.1, 0.15) is 54.4 Å². The van der Waals surface area contributed by atoms with E-state index in [1.165, 1.54) is 10.5 Å². The van der Waals surface area contributed by atoms with Gasteiger partial charge in [-0.3, -0.25) is 14.5 Å². The lowest BCUT2D eigenvalue weighted by Crippen LogP contribution is -2.36. The summed E-state index contributed by atoms with van der Waals surface area (Å²) in [6, 6.07) is 7.99. The Balaban J connectivity index is 1.44. The molecule has 1 saturated carbocycles. The Hall–Kier alpha value is -2.43. The fraction of sp³-hybridized carbons (Fsp3) is 0.421. The van der Waals surface area contributed by atoms with Gasteiger partial charge in [0.1, 0.15) is 12.3 Å². The summed E-state index contributed by atoms with van der Waals surface area (Å²) in [5.41, 5.74) is 1.55. The summed E-state index contributed by atoms with van der Waals surface area (Å²) < 4.78 is 5.73. The Bertz CT molecular complexity index is 852. The van der Waals surface area contributed by atoms with Crippen LogP contribution in [0.3, 0.4) is 0 Å². The topological polar surface area (TPSA) is 63.4 Å². The van der Waals surface area contributed by atoms with E-state index in [2.05, 4.69) is 11.1 Å². The van der Waals surface area contributed by atoms with E-state index in [9.17, 15) is 9.59 Å². The predicted octanol–water partition coefficient (Wildman–Crippen LogP) is 2.70. The van der Waals surface area contributed by atoms with E-state index in [0.717, 1.165) is 30.6 Å². The molecule has 2 aromatic rings. The van der Waals surface area contributed by atoms with Gasteiger partial charge in [-0.1, -0.05) is 24.3 Å². The van der Waals surface area contributed by atoms with E-state index in [0.29, 0.717) is 18.2 Å². The van der Waals surface area contributed by atoms with Gasteiger partial charge in [0.15, 0.2) is 0 Å². The summed E-state index contributed by atoms with van der Waals surface area (Å²) in [7, 11) is 0. The maximum atomic E-state index is 13.1. The summed E-state index contributed by atoms with van der Waals surface area (Å²) in [5, 5.41) is 0. The van der Waals surface area contributed by atoms with Gasteiger partial charge in [-0.2, -0.15) is 0 Å². The molecular formula is C19H18N2O3. The Labute approximate surface area is 139 Å². The second-order valence-electron chi connectivity index (χ2n) is 7.13. The van der Waals surface area contributed by atoms with Gasteiger partial charge in [-0.15, -0.1) is 0 Å². The number of amides is 2. The SMILES string of the molecule is O=C1CC2(CCc3ccccc32)C(=O)N1Cc1ncc(C2CC2)o1. The summed E-state index contributed by atoms with van der Waals surface area (Å²) in [6.07, 6.45) is 5.84. The lowest BCUT2D eigenvalue weighted by Gasteiger charge is -2.22. The molecule has 1 saturated heterocycles. The first kappa shape index (κ1) is 14.0. The fourth-order valence-corrected chi connectivity index (χ4v) is 4.14. The van der Waals surface area contributed by atoms with Gasteiger partial charge in [-0.25, -0.2) is 4.98 Å². The molecule has 0 bridgehead atoms. The minimum absolute atomic E-state index is 0.0939. The van der Waals surface area contributed by atoms with Gasteiger partial charge in [0.05, 0.1) is 11.6 Å². The molecule has 1 atom stereocenters. The number of aromatic nitrogens is 1. The van der Waals surface area contributed by atoms with Crippen LogP contribution in [0.25, 0.3) is 0 Å². The van der Waals surface area contributed by atoms with Crippen molar-refractivity contribution in [1.29, 1.82) is 0 Å². The van der Waals surface area contributed by atoms with Crippen molar-refractivity contribution in [1.82, 2.24) is 9.88 Å². The van der Waals surface area contributed by atoms with Crippen LogP contribution in [0.4, 0.5) is 0 Å². The molecule has 1 aliphatic heterocycles. The highest BCUT2D eigenvalue weighted by Gasteiger charge is 2.55. The molecular weight excluding hydrogens is 304 g/mol. The highest BCUT2D eigenvalue weighted by molar-refractivity contribution is 6.09. The summed E-state index contributed by atoms with van der Waals surface area (Å²) in [5.74, 6) is 1.60. The van der Waals surface area contributed by atoms with E-state index in [-0.39, 0.29) is 24.8 Å². The number of carbonyl (C=O) groups excluding carboxylic acids is 2. The molecule has 0 N–H and O–H groups in total.